The molecule has 0 amide bonds. The molecule has 0 atom stereocenters. The maximum absolute atomic E-state index is 11.7. The van der Waals surface area contributed by atoms with E-state index in [2.05, 4.69) is 0 Å². The van der Waals surface area contributed by atoms with Crippen molar-refractivity contribution in [1.82, 2.24) is 0 Å². The number of halogens is 2. The average Bonchev–Trinajstić information content (AvgIpc) is 2.70. The maximum atomic E-state index is 11.7. The molecule has 0 unspecified atom stereocenters. The Bertz CT molecular complexity index is 605. The van der Waals surface area contributed by atoms with E-state index in [1.54, 1.807) is 12.1 Å². The minimum Gasteiger partial charge on any atom is -0.465 e. The number of thiophene rings is 1. The number of hydrogen-bond donors (Lipinski definition) is 0. The Hall–Kier alpha value is -1.03. The van der Waals surface area contributed by atoms with E-state index in [1.165, 1.54) is 18.4 Å². The van der Waals surface area contributed by atoms with Crippen molar-refractivity contribution in [3.8, 4) is 11.1 Å². The second kappa shape index (κ2) is 5.31. The minimum atomic E-state index is -0.353. The number of hydrogen-bond acceptors (Lipinski definition) is 3. The topological polar surface area (TPSA) is 26.3 Å². The van der Waals surface area contributed by atoms with E-state index in [9.17, 15) is 4.79 Å². The predicted molar refractivity (Wildman–Crippen MR) is 75.9 cm³/mol. The molecule has 2 aromatic rings. The van der Waals surface area contributed by atoms with Gasteiger partial charge in [0, 0.05) is 21.2 Å². The summed E-state index contributed by atoms with van der Waals surface area (Å²) in [6.07, 6.45) is 0. The number of methoxy groups -OCH3 is 1. The first kappa shape index (κ1) is 13.4. The van der Waals surface area contributed by atoms with E-state index in [0.717, 1.165) is 16.7 Å². The molecular formula is C13H10Cl2O2S. The van der Waals surface area contributed by atoms with Crippen LogP contribution in [-0.4, -0.2) is 13.1 Å². The summed E-state index contributed by atoms with van der Waals surface area (Å²) in [6, 6.07) is 5.23. The van der Waals surface area contributed by atoms with Gasteiger partial charge >= 0.3 is 5.97 Å². The number of esters is 1. The Kier molecular flexibility index (Phi) is 3.95. The average molecular weight is 301 g/mol. The first-order chi connectivity index (χ1) is 8.54. The second-order valence-corrected chi connectivity index (χ2v) is 5.46. The first-order valence-corrected chi connectivity index (χ1v) is 6.80. The van der Waals surface area contributed by atoms with Crippen LogP contribution >= 0.6 is 34.5 Å². The van der Waals surface area contributed by atoms with Crippen LogP contribution in [0.2, 0.25) is 10.0 Å². The fourth-order valence-corrected chi connectivity index (χ4v) is 3.20. The molecule has 0 spiro atoms. The van der Waals surface area contributed by atoms with Crippen molar-refractivity contribution in [2.75, 3.05) is 7.11 Å². The van der Waals surface area contributed by atoms with Gasteiger partial charge in [-0.15, -0.1) is 11.3 Å². The van der Waals surface area contributed by atoms with Gasteiger partial charge in [0.25, 0.3) is 0 Å². The highest BCUT2D eigenvalue weighted by Gasteiger charge is 2.19. The molecule has 0 saturated heterocycles. The molecule has 1 aromatic carbocycles. The van der Waals surface area contributed by atoms with Crippen molar-refractivity contribution < 1.29 is 9.53 Å². The molecule has 0 saturated carbocycles. The largest absolute Gasteiger partial charge is 0.465 e. The van der Waals surface area contributed by atoms with Crippen molar-refractivity contribution in [2.24, 2.45) is 0 Å². The van der Waals surface area contributed by atoms with Crippen LogP contribution in [0, 0.1) is 6.92 Å². The van der Waals surface area contributed by atoms with E-state index in [4.69, 9.17) is 27.9 Å². The van der Waals surface area contributed by atoms with Gasteiger partial charge in [0.2, 0.25) is 0 Å². The zero-order chi connectivity index (χ0) is 13.3. The third-order valence-electron chi connectivity index (χ3n) is 2.55. The summed E-state index contributed by atoms with van der Waals surface area (Å²) in [6.45, 7) is 1.93. The van der Waals surface area contributed by atoms with Crippen molar-refractivity contribution in [2.45, 2.75) is 6.92 Å². The lowest BCUT2D eigenvalue weighted by molar-refractivity contribution is 0.0607. The summed E-state index contributed by atoms with van der Waals surface area (Å²) in [4.78, 5) is 12.3. The molecule has 5 heteroatoms. The van der Waals surface area contributed by atoms with Gasteiger partial charge in [-0.3, -0.25) is 0 Å². The predicted octanol–water partition coefficient (Wildman–Crippen LogP) is 4.82. The normalized spacial score (nSPS) is 10.4. The summed E-state index contributed by atoms with van der Waals surface area (Å²) in [5.74, 6) is -0.353. The number of carbonyl (C=O) groups excluding carboxylic acids is 1. The molecule has 2 nitrogen and oxygen atoms in total. The number of aryl methyl sites for hydroxylation is 1. The Morgan fingerprint density at radius 2 is 2.06 bits per heavy atom. The lowest BCUT2D eigenvalue weighted by Gasteiger charge is -2.07. The third kappa shape index (κ3) is 2.39. The molecule has 1 aromatic heterocycles. The van der Waals surface area contributed by atoms with Crippen LogP contribution in [0.3, 0.4) is 0 Å². The van der Waals surface area contributed by atoms with E-state index in [1.807, 2.05) is 18.4 Å². The molecule has 0 radical (unpaired) electrons. The van der Waals surface area contributed by atoms with Gasteiger partial charge in [-0.1, -0.05) is 29.3 Å². The summed E-state index contributed by atoms with van der Waals surface area (Å²) in [7, 11) is 1.37. The van der Waals surface area contributed by atoms with Gasteiger partial charge < -0.3 is 4.74 Å². The van der Waals surface area contributed by atoms with Gasteiger partial charge in [0.1, 0.15) is 4.88 Å². The Balaban J connectivity index is 2.63. The summed E-state index contributed by atoms with van der Waals surface area (Å²) >= 11 is 13.4. The van der Waals surface area contributed by atoms with Gasteiger partial charge in [0.05, 0.1) is 7.11 Å². The van der Waals surface area contributed by atoms with Crippen molar-refractivity contribution >= 4 is 40.5 Å². The lowest BCUT2D eigenvalue weighted by Crippen LogP contribution is -2.00. The Morgan fingerprint density at radius 1 is 1.33 bits per heavy atom. The highest BCUT2D eigenvalue weighted by atomic mass is 35.5. The number of ether oxygens (including phenoxy) is 1. The van der Waals surface area contributed by atoms with E-state index >= 15 is 0 Å². The molecule has 2 rings (SSSR count). The maximum Gasteiger partial charge on any atom is 0.348 e. The van der Waals surface area contributed by atoms with Crippen LogP contribution in [0.25, 0.3) is 11.1 Å². The number of benzene rings is 1. The minimum absolute atomic E-state index is 0.353. The highest BCUT2D eigenvalue weighted by Crippen LogP contribution is 2.38. The highest BCUT2D eigenvalue weighted by molar-refractivity contribution is 7.12. The van der Waals surface area contributed by atoms with Gasteiger partial charge in [-0.2, -0.15) is 0 Å². The summed E-state index contributed by atoms with van der Waals surface area (Å²) in [5, 5.41) is 3.00. The second-order valence-electron chi connectivity index (χ2n) is 3.74. The molecule has 0 aliphatic carbocycles. The standard InChI is InChI=1S/C13H10Cl2O2S/c1-7-6-18-12(13(16)17-2)11(7)9-4-3-8(14)5-10(9)15/h3-6H,1-2H3. The third-order valence-corrected chi connectivity index (χ3v) is 4.17. The number of carbonyl (C=O) groups is 1. The Labute approximate surface area is 119 Å². The zero-order valence-electron chi connectivity index (χ0n) is 9.79. The van der Waals surface area contributed by atoms with E-state index in [-0.39, 0.29) is 5.97 Å². The monoisotopic (exact) mass is 300 g/mol. The summed E-state index contributed by atoms with van der Waals surface area (Å²) in [5.41, 5.74) is 2.60. The zero-order valence-corrected chi connectivity index (χ0v) is 12.1. The van der Waals surface area contributed by atoms with Crippen LogP contribution in [0.5, 0.6) is 0 Å². The van der Waals surface area contributed by atoms with E-state index in [0.29, 0.717) is 14.9 Å². The SMILES string of the molecule is COC(=O)c1scc(C)c1-c1ccc(Cl)cc1Cl. The molecule has 0 aliphatic rings. The molecule has 18 heavy (non-hydrogen) atoms. The van der Waals surface area contributed by atoms with Crippen LogP contribution in [0.1, 0.15) is 15.2 Å². The van der Waals surface area contributed by atoms with Crippen LogP contribution in [0.15, 0.2) is 23.6 Å². The molecule has 0 N–H and O–H groups in total. The van der Waals surface area contributed by atoms with Crippen LogP contribution in [-0.2, 0) is 4.74 Å². The van der Waals surface area contributed by atoms with Crippen LogP contribution in [0.4, 0.5) is 0 Å². The molecule has 94 valence electrons. The fourth-order valence-electron chi connectivity index (χ4n) is 1.71. The van der Waals surface area contributed by atoms with Gasteiger partial charge in [0.15, 0.2) is 0 Å². The number of rotatable bonds is 2. The van der Waals surface area contributed by atoms with Crippen LogP contribution < -0.4 is 0 Å². The molecule has 0 bridgehead atoms. The summed E-state index contributed by atoms with van der Waals surface area (Å²) < 4.78 is 4.78. The van der Waals surface area contributed by atoms with Gasteiger partial charge in [-0.25, -0.2) is 4.79 Å². The van der Waals surface area contributed by atoms with Crippen molar-refractivity contribution in [3.05, 3.63) is 44.1 Å². The Morgan fingerprint density at radius 3 is 2.67 bits per heavy atom. The molecule has 0 aliphatic heterocycles. The lowest BCUT2D eigenvalue weighted by atomic mass is 10.0. The van der Waals surface area contributed by atoms with Crippen molar-refractivity contribution in [1.29, 1.82) is 0 Å². The van der Waals surface area contributed by atoms with Gasteiger partial charge in [-0.05, 0) is 30.0 Å². The quantitative estimate of drug-likeness (QED) is 0.744. The van der Waals surface area contributed by atoms with Crippen molar-refractivity contribution in [3.63, 3.8) is 0 Å². The fraction of sp³-hybridized carbons (Fsp3) is 0.154. The molecular weight excluding hydrogens is 291 g/mol. The molecule has 1 heterocycles. The van der Waals surface area contributed by atoms with E-state index < -0.39 is 0 Å². The molecule has 0 fully saturated rings. The first-order valence-electron chi connectivity index (χ1n) is 5.16. The smallest absolute Gasteiger partial charge is 0.348 e.